The van der Waals surface area contributed by atoms with Crippen LogP contribution in [0.4, 0.5) is 10.1 Å². The molecule has 0 spiro atoms. The van der Waals surface area contributed by atoms with Gasteiger partial charge in [0.05, 0.1) is 0 Å². The standard InChI is InChI=1S/C13H18BrFN2O/c1-8(12(18)17-13(2,3)4)16-11-6-5-9(15)7-10(11)14/h5-8,16H,1-4H3,(H,17,18). The van der Waals surface area contributed by atoms with Gasteiger partial charge in [-0.1, -0.05) is 0 Å². The molecular formula is C13H18BrFN2O. The van der Waals surface area contributed by atoms with E-state index in [1.54, 1.807) is 13.0 Å². The summed E-state index contributed by atoms with van der Waals surface area (Å²) in [6, 6.07) is 3.91. The Hall–Kier alpha value is -1.10. The van der Waals surface area contributed by atoms with Crippen molar-refractivity contribution in [1.29, 1.82) is 0 Å². The zero-order chi connectivity index (χ0) is 13.9. The minimum absolute atomic E-state index is 0.0984. The van der Waals surface area contributed by atoms with E-state index in [1.165, 1.54) is 12.1 Å². The Morgan fingerprint density at radius 3 is 2.50 bits per heavy atom. The van der Waals surface area contributed by atoms with Gasteiger partial charge in [0.1, 0.15) is 11.9 Å². The molecule has 0 aliphatic carbocycles. The number of carbonyl (C=O) groups excluding carboxylic acids is 1. The van der Waals surface area contributed by atoms with Gasteiger partial charge in [-0.3, -0.25) is 4.79 Å². The minimum atomic E-state index is -0.397. The number of hydrogen-bond acceptors (Lipinski definition) is 2. The maximum absolute atomic E-state index is 12.9. The fraction of sp³-hybridized carbons (Fsp3) is 0.462. The summed E-state index contributed by atoms with van der Waals surface area (Å²) in [6.45, 7) is 7.53. The van der Waals surface area contributed by atoms with E-state index in [1.807, 2.05) is 20.8 Å². The molecule has 0 bridgehead atoms. The summed E-state index contributed by atoms with van der Waals surface area (Å²) in [6.07, 6.45) is 0. The highest BCUT2D eigenvalue weighted by Crippen LogP contribution is 2.23. The number of benzene rings is 1. The molecule has 1 atom stereocenters. The molecule has 1 amide bonds. The lowest BCUT2D eigenvalue weighted by Crippen LogP contribution is -2.47. The first kappa shape index (κ1) is 15.0. The van der Waals surface area contributed by atoms with Gasteiger partial charge in [0, 0.05) is 15.7 Å². The van der Waals surface area contributed by atoms with E-state index in [-0.39, 0.29) is 17.3 Å². The van der Waals surface area contributed by atoms with Crippen LogP contribution < -0.4 is 10.6 Å². The molecule has 0 saturated carbocycles. The van der Waals surface area contributed by atoms with Gasteiger partial charge in [0.2, 0.25) is 5.91 Å². The highest BCUT2D eigenvalue weighted by Gasteiger charge is 2.19. The maximum atomic E-state index is 12.9. The molecular weight excluding hydrogens is 299 g/mol. The van der Waals surface area contributed by atoms with Crippen molar-refractivity contribution in [2.45, 2.75) is 39.3 Å². The van der Waals surface area contributed by atoms with Crippen molar-refractivity contribution in [2.75, 3.05) is 5.32 Å². The topological polar surface area (TPSA) is 41.1 Å². The second kappa shape index (κ2) is 5.69. The van der Waals surface area contributed by atoms with E-state index >= 15 is 0 Å². The van der Waals surface area contributed by atoms with E-state index in [0.717, 1.165) is 0 Å². The summed E-state index contributed by atoms with van der Waals surface area (Å²) in [5.41, 5.74) is 0.417. The number of carbonyl (C=O) groups is 1. The second-order valence-corrected chi connectivity index (χ2v) is 6.08. The summed E-state index contributed by atoms with van der Waals surface area (Å²) in [7, 11) is 0. The lowest BCUT2D eigenvalue weighted by molar-refractivity contribution is -0.122. The molecule has 100 valence electrons. The van der Waals surface area contributed by atoms with Crippen molar-refractivity contribution in [3.63, 3.8) is 0 Å². The van der Waals surface area contributed by atoms with E-state index in [2.05, 4.69) is 26.6 Å². The SMILES string of the molecule is CC(Nc1ccc(F)cc1Br)C(=O)NC(C)(C)C. The highest BCUT2D eigenvalue weighted by molar-refractivity contribution is 9.10. The summed E-state index contributed by atoms with van der Waals surface area (Å²) >= 11 is 3.25. The molecule has 0 aliphatic rings. The molecule has 2 N–H and O–H groups in total. The zero-order valence-electron chi connectivity index (χ0n) is 11.0. The maximum Gasteiger partial charge on any atom is 0.242 e. The Labute approximate surface area is 115 Å². The molecule has 0 fully saturated rings. The molecule has 0 aliphatic heterocycles. The molecule has 18 heavy (non-hydrogen) atoms. The number of hydrogen-bond donors (Lipinski definition) is 2. The fourth-order valence-electron chi connectivity index (χ4n) is 1.38. The van der Waals surface area contributed by atoms with E-state index in [9.17, 15) is 9.18 Å². The van der Waals surface area contributed by atoms with Gasteiger partial charge in [0.25, 0.3) is 0 Å². The summed E-state index contributed by atoms with van der Waals surface area (Å²) in [4.78, 5) is 11.9. The first-order valence-electron chi connectivity index (χ1n) is 5.72. The average Bonchev–Trinajstić information content (AvgIpc) is 2.19. The molecule has 0 radical (unpaired) electrons. The van der Waals surface area contributed by atoms with Gasteiger partial charge in [-0.05, 0) is 61.8 Å². The predicted molar refractivity (Wildman–Crippen MR) is 75.1 cm³/mol. The lowest BCUT2D eigenvalue weighted by atomic mass is 10.1. The first-order valence-corrected chi connectivity index (χ1v) is 6.52. The summed E-state index contributed by atoms with van der Waals surface area (Å²) < 4.78 is 13.5. The molecule has 1 aromatic rings. The molecule has 5 heteroatoms. The first-order chi connectivity index (χ1) is 8.19. The van der Waals surface area contributed by atoms with Crippen molar-refractivity contribution >= 4 is 27.5 Å². The number of amides is 1. The normalized spacial score (nSPS) is 13.0. The van der Waals surface area contributed by atoms with Gasteiger partial charge in [-0.25, -0.2) is 4.39 Å². The molecule has 1 rings (SSSR count). The largest absolute Gasteiger partial charge is 0.373 e. The monoisotopic (exact) mass is 316 g/mol. The number of rotatable bonds is 3. The van der Waals surface area contributed by atoms with Gasteiger partial charge in [0.15, 0.2) is 0 Å². The van der Waals surface area contributed by atoms with Crippen LogP contribution in [0.15, 0.2) is 22.7 Å². The van der Waals surface area contributed by atoms with Crippen molar-refractivity contribution in [3.05, 3.63) is 28.5 Å². The van der Waals surface area contributed by atoms with Crippen LogP contribution in [0.2, 0.25) is 0 Å². The van der Waals surface area contributed by atoms with E-state index in [0.29, 0.717) is 10.2 Å². The average molecular weight is 317 g/mol. The third kappa shape index (κ3) is 4.64. The second-order valence-electron chi connectivity index (χ2n) is 5.23. The van der Waals surface area contributed by atoms with Crippen LogP contribution in [0.1, 0.15) is 27.7 Å². The Morgan fingerprint density at radius 1 is 1.39 bits per heavy atom. The van der Waals surface area contributed by atoms with E-state index in [4.69, 9.17) is 0 Å². The number of halogens is 2. The Bertz CT molecular complexity index is 443. The Morgan fingerprint density at radius 2 is 2.00 bits per heavy atom. The molecule has 0 saturated heterocycles. The van der Waals surface area contributed by atoms with Gasteiger partial charge < -0.3 is 10.6 Å². The third-order valence-corrected chi connectivity index (χ3v) is 2.85. The van der Waals surface area contributed by atoms with Crippen LogP contribution in [0.3, 0.4) is 0 Å². The van der Waals surface area contributed by atoms with Gasteiger partial charge in [-0.2, -0.15) is 0 Å². The van der Waals surface area contributed by atoms with Gasteiger partial charge in [-0.15, -0.1) is 0 Å². The van der Waals surface area contributed by atoms with Crippen LogP contribution in [-0.2, 0) is 4.79 Å². The smallest absolute Gasteiger partial charge is 0.242 e. The zero-order valence-corrected chi connectivity index (χ0v) is 12.6. The summed E-state index contributed by atoms with van der Waals surface area (Å²) in [5, 5.41) is 5.91. The summed E-state index contributed by atoms with van der Waals surface area (Å²) in [5.74, 6) is -0.419. The number of nitrogens with one attached hydrogen (secondary N) is 2. The van der Waals surface area contributed by atoms with Crippen molar-refractivity contribution in [2.24, 2.45) is 0 Å². The van der Waals surface area contributed by atoms with Crippen LogP contribution in [0, 0.1) is 5.82 Å². The van der Waals surface area contributed by atoms with Crippen molar-refractivity contribution in [3.8, 4) is 0 Å². The van der Waals surface area contributed by atoms with Crippen molar-refractivity contribution < 1.29 is 9.18 Å². The van der Waals surface area contributed by atoms with Crippen LogP contribution in [0.25, 0.3) is 0 Å². The molecule has 1 unspecified atom stereocenters. The lowest BCUT2D eigenvalue weighted by Gasteiger charge is -2.24. The molecule has 1 aromatic carbocycles. The molecule has 3 nitrogen and oxygen atoms in total. The van der Waals surface area contributed by atoms with Crippen molar-refractivity contribution in [1.82, 2.24) is 5.32 Å². The quantitative estimate of drug-likeness (QED) is 0.898. The third-order valence-electron chi connectivity index (χ3n) is 2.19. The van der Waals surface area contributed by atoms with Crippen LogP contribution >= 0.6 is 15.9 Å². The number of anilines is 1. The van der Waals surface area contributed by atoms with Gasteiger partial charge >= 0.3 is 0 Å². The molecule has 0 heterocycles. The van der Waals surface area contributed by atoms with E-state index < -0.39 is 6.04 Å². The Balaban J connectivity index is 2.69. The predicted octanol–water partition coefficient (Wildman–Crippen LogP) is 3.30. The Kier molecular flexibility index (Phi) is 4.73. The highest BCUT2D eigenvalue weighted by atomic mass is 79.9. The molecule has 0 aromatic heterocycles. The van der Waals surface area contributed by atoms with Crippen LogP contribution in [0.5, 0.6) is 0 Å². The van der Waals surface area contributed by atoms with Crippen LogP contribution in [-0.4, -0.2) is 17.5 Å². The fourth-order valence-corrected chi connectivity index (χ4v) is 1.85. The minimum Gasteiger partial charge on any atom is -0.373 e.